The summed E-state index contributed by atoms with van der Waals surface area (Å²) in [6.45, 7) is -0.131. The quantitative estimate of drug-likeness (QED) is 0.620. The summed E-state index contributed by atoms with van der Waals surface area (Å²) in [5.74, 6) is 0.893. The fraction of sp³-hybridized carbons (Fsp3) is 0.400. The molecule has 1 radical (unpaired) electrons. The van der Waals surface area contributed by atoms with Gasteiger partial charge in [0.05, 0.1) is 0 Å². The molecule has 0 N–H and O–H groups in total. The maximum Gasteiger partial charge on any atom is 0.125 e. The van der Waals surface area contributed by atoms with Crippen LogP contribution >= 0.6 is 0 Å². The van der Waals surface area contributed by atoms with Crippen LogP contribution in [0, 0.1) is 0 Å². The molecular formula is C10H11O2. The van der Waals surface area contributed by atoms with Crippen molar-refractivity contribution >= 4 is 0 Å². The Kier molecular flexibility index (Phi) is 2.00. The zero-order chi connectivity index (χ0) is 8.39. The van der Waals surface area contributed by atoms with Crippen LogP contribution in [0.1, 0.15) is 12.0 Å². The number of benzene rings is 1. The van der Waals surface area contributed by atoms with Crippen molar-refractivity contribution in [1.29, 1.82) is 0 Å². The minimum atomic E-state index is -0.131. The van der Waals surface area contributed by atoms with E-state index in [4.69, 9.17) is 4.74 Å². The summed E-state index contributed by atoms with van der Waals surface area (Å²) in [6, 6.07) is 7.92. The second-order valence-electron chi connectivity index (χ2n) is 3.05. The van der Waals surface area contributed by atoms with Crippen molar-refractivity contribution in [1.82, 2.24) is 0 Å². The molecule has 0 spiro atoms. The molecule has 12 heavy (non-hydrogen) atoms. The number of fused-ring (bicyclic) bond motifs is 1. The van der Waals surface area contributed by atoms with Crippen LogP contribution in [0.3, 0.4) is 0 Å². The number of hydrogen-bond acceptors (Lipinski definition) is 1. The monoisotopic (exact) mass is 163 g/mol. The Morgan fingerprint density at radius 3 is 3.08 bits per heavy atom. The van der Waals surface area contributed by atoms with Crippen LogP contribution in [-0.2, 0) is 11.5 Å². The number of rotatable bonds is 1. The average Bonchev–Trinajstić information content (AvgIpc) is 2.17. The van der Waals surface area contributed by atoms with Crippen molar-refractivity contribution in [2.45, 2.75) is 18.9 Å². The Hall–Kier alpha value is -1.02. The van der Waals surface area contributed by atoms with Gasteiger partial charge in [-0.05, 0) is 24.5 Å². The third kappa shape index (κ3) is 1.30. The van der Waals surface area contributed by atoms with Gasteiger partial charge in [0.15, 0.2) is 0 Å². The Bertz CT molecular complexity index is 270. The van der Waals surface area contributed by atoms with Gasteiger partial charge >= 0.3 is 0 Å². The van der Waals surface area contributed by atoms with Crippen LogP contribution in [0.2, 0.25) is 0 Å². The van der Waals surface area contributed by atoms with E-state index < -0.39 is 0 Å². The van der Waals surface area contributed by atoms with E-state index in [0.29, 0.717) is 0 Å². The van der Waals surface area contributed by atoms with E-state index in [9.17, 15) is 5.11 Å². The molecule has 0 saturated heterocycles. The molecule has 0 bridgehead atoms. The molecule has 1 heterocycles. The second-order valence-corrected chi connectivity index (χ2v) is 3.05. The van der Waals surface area contributed by atoms with Gasteiger partial charge in [-0.15, -0.1) is 0 Å². The molecule has 1 unspecified atom stereocenters. The third-order valence-electron chi connectivity index (χ3n) is 2.19. The Morgan fingerprint density at radius 2 is 2.25 bits per heavy atom. The van der Waals surface area contributed by atoms with Crippen LogP contribution < -0.4 is 4.74 Å². The molecule has 2 rings (SSSR count). The molecule has 1 aromatic rings. The number of ether oxygens (including phenoxy) is 1. The maximum absolute atomic E-state index is 10.6. The van der Waals surface area contributed by atoms with Gasteiger partial charge in [-0.1, -0.05) is 18.2 Å². The van der Waals surface area contributed by atoms with Crippen LogP contribution in [0.25, 0.3) is 0 Å². The summed E-state index contributed by atoms with van der Waals surface area (Å²) in [7, 11) is 0. The molecular weight excluding hydrogens is 152 g/mol. The topological polar surface area (TPSA) is 29.1 Å². The smallest absolute Gasteiger partial charge is 0.125 e. The number of hydrogen-bond donors (Lipinski definition) is 0. The van der Waals surface area contributed by atoms with Gasteiger partial charge in [-0.25, -0.2) is 5.11 Å². The van der Waals surface area contributed by atoms with E-state index in [1.54, 1.807) is 0 Å². The summed E-state index contributed by atoms with van der Waals surface area (Å²) in [6.07, 6.45) is 1.73. The zero-order valence-corrected chi connectivity index (χ0v) is 6.82. The zero-order valence-electron chi connectivity index (χ0n) is 6.82. The second kappa shape index (κ2) is 3.15. The molecule has 1 atom stereocenters. The van der Waals surface area contributed by atoms with Gasteiger partial charge in [-0.3, -0.25) is 0 Å². The van der Waals surface area contributed by atoms with Crippen LogP contribution in [0.4, 0.5) is 0 Å². The fourth-order valence-electron chi connectivity index (χ4n) is 1.50. The molecule has 2 heteroatoms. The molecule has 2 nitrogen and oxygen atoms in total. The highest BCUT2D eigenvalue weighted by Crippen LogP contribution is 2.26. The van der Waals surface area contributed by atoms with Crippen molar-refractivity contribution in [2.24, 2.45) is 0 Å². The molecule has 1 aromatic carbocycles. The maximum atomic E-state index is 10.6. The van der Waals surface area contributed by atoms with E-state index in [0.717, 1.165) is 18.6 Å². The van der Waals surface area contributed by atoms with E-state index in [-0.39, 0.29) is 12.7 Å². The first kappa shape index (κ1) is 7.62. The largest absolute Gasteiger partial charge is 0.488 e. The van der Waals surface area contributed by atoms with Gasteiger partial charge in [0.1, 0.15) is 18.5 Å². The first-order valence-corrected chi connectivity index (χ1v) is 4.23. The van der Waals surface area contributed by atoms with Crippen molar-refractivity contribution < 1.29 is 9.84 Å². The molecule has 63 valence electrons. The molecule has 0 fully saturated rings. The lowest BCUT2D eigenvalue weighted by Crippen LogP contribution is -2.25. The lowest BCUT2D eigenvalue weighted by molar-refractivity contribution is 0.0588. The fourth-order valence-corrected chi connectivity index (χ4v) is 1.50. The Balaban J connectivity index is 2.23. The summed E-state index contributed by atoms with van der Waals surface area (Å²) in [5, 5.41) is 10.6. The van der Waals surface area contributed by atoms with Crippen LogP contribution in [0.5, 0.6) is 5.75 Å². The normalized spacial score (nSPS) is 21.2. The highest BCUT2D eigenvalue weighted by atomic mass is 16.5. The predicted molar refractivity (Wildman–Crippen MR) is 44.7 cm³/mol. The Morgan fingerprint density at radius 1 is 1.42 bits per heavy atom. The average molecular weight is 163 g/mol. The van der Waals surface area contributed by atoms with Crippen molar-refractivity contribution in [3.05, 3.63) is 29.8 Å². The third-order valence-corrected chi connectivity index (χ3v) is 2.19. The van der Waals surface area contributed by atoms with Gasteiger partial charge in [-0.2, -0.15) is 0 Å². The summed E-state index contributed by atoms with van der Waals surface area (Å²) >= 11 is 0. The van der Waals surface area contributed by atoms with E-state index >= 15 is 0 Å². The summed E-state index contributed by atoms with van der Waals surface area (Å²) in [5.41, 5.74) is 1.22. The van der Waals surface area contributed by atoms with Crippen LogP contribution in [0.15, 0.2) is 24.3 Å². The highest BCUT2D eigenvalue weighted by Gasteiger charge is 2.18. The standard InChI is InChI=1S/C10H11O2/c11-7-9-6-5-8-3-1-2-4-10(8)12-9/h1-4,9H,5-7H2. The molecule has 0 amide bonds. The van der Waals surface area contributed by atoms with E-state index in [2.05, 4.69) is 6.07 Å². The van der Waals surface area contributed by atoms with Gasteiger partial charge < -0.3 is 4.74 Å². The Labute approximate surface area is 71.8 Å². The molecule has 1 aliphatic heterocycles. The van der Waals surface area contributed by atoms with Gasteiger partial charge in [0.25, 0.3) is 0 Å². The molecule has 0 saturated carbocycles. The first-order valence-electron chi connectivity index (χ1n) is 4.23. The van der Waals surface area contributed by atoms with Crippen molar-refractivity contribution in [2.75, 3.05) is 6.61 Å². The lowest BCUT2D eigenvalue weighted by atomic mass is 10.0. The van der Waals surface area contributed by atoms with Crippen molar-refractivity contribution in [3.63, 3.8) is 0 Å². The predicted octanol–water partition coefficient (Wildman–Crippen LogP) is 1.81. The van der Waals surface area contributed by atoms with Gasteiger partial charge in [0.2, 0.25) is 0 Å². The van der Waals surface area contributed by atoms with Crippen LogP contribution in [-0.4, -0.2) is 12.7 Å². The van der Waals surface area contributed by atoms with Crippen molar-refractivity contribution in [3.8, 4) is 5.75 Å². The van der Waals surface area contributed by atoms with E-state index in [1.165, 1.54) is 5.56 Å². The van der Waals surface area contributed by atoms with Gasteiger partial charge in [0, 0.05) is 0 Å². The first-order chi connectivity index (χ1) is 5.90. The number of para-hydroxylation sites is 1. The minimum Gasteiger partial charge on any atom is -0.488 e. The summed E-state index contributed by atoms with van der Waals surface area (Å²) < 4.78 is 5.47. The highest BCUT2D eigenvalue weighted by molar-refractivity contribution is 5.35. The summed E-state index contributed by atoms with van der Waals surface area (Å²) in [4.78, 5) is 0. The molecule has 0 aromatic heterocycles. The minimum absolute atomic E-state index is 0.111. The van der Waals surface area contributed by atoms with E-state index in [1.807, 2.05) is 18.2 Å². The lowest BCUT2D eigenvalue weighted by Gasteiger charge is -2.23. The SMILES string of the molecule is [O]CC1CCc2ccccc2O1. The molecule has 1 aliphatic rings. The number of aryl methyl sites for hydroxylation is 1. The molecule has 0 aliphatic carbocycles.